The molecule has 7 heteroatoms. The molecule has 0 amide bonds. The molecule has 0 saturated carbocycles. The standard InChI is InChI=1S/C28H34N2O5/c1-4-30(5-2)21-11-9-19(10-12-21)16-25-26(32)22-13-14-24(31)23(27(22)35-25)18-29-15-7-8-20(17-29)28(33)34-6-3/h9-14,16,20,31H,4-8,15,17-18H2,1-3H3/b25-16-. The highest BCUT2D eigenvalue weighted by atomic mass is 16.5. The van der Waals surface area contributed by atoms with E-state index in [1.54, 1.807) is 18.2 Å². The molecule has 2 aliphatic rings. The molecular weight excluding hydrogens is 444 g/mol. The van der Waals surface area contributed by atoms with E-state index in [1.165, 1.54) is 0 Å². The zero-order valence-electron chi connectivity index (χ0n) is 20.8. The molecule has 1 saturated heterocycles. The summed E-state index contributed by atoms with van der Waals surface area (Å²) in [7, 11) is 0. The number of benzene rings is 2. The van der Waals surface area contributed by atoms with Crippen LogP contribution in [0.5, 0.6) is 11.5 Å². The Balaban J connectivity index is 1.53. The van der Waals surface area contributed by atoms with Crippen LogP contribution >= 0.6 is 0 Å². The summed E-state index contributed by atoms with van der Waals surface area (Å²) in [6.45, 7) is 10.0. The van der Waals surface area contributed by atoms with E-state index in [1.807, 2.05) is 31.2 Å². The van der Waals surface area contributed by atoms with Crippen molar-refractivity contribution in [2.24, 2.45) is 5.92 Å². The van der Waals surface area contributed by atoms with Crippen LogP contribution in [0.4, 0.5) is 5.69 Å². The third kappa shape index (κ3) is 5.35. The average Bonchev–Trinajstić information content (AvgIpc) is 3.18. The highest BCUT2D eigenvalue weighted by molar-refractivity contribution is 6.15. The molecule has 2 aromatic rings. The molecule has 2 heterocycles. The summed E-state index contributed by atoms with van der Waals surface area (Å²) in [5, 5.41) is 10.6. The van der Waals surface area contributed by atoms with Gasteiger partial charge in [0, 0.05) is 31.9 Å². The second-order valence-electron chi connectivity index (χ2n) is 8.97. The number of rotatable bonds is 8. The number of anilines is 1. The highest BCUT2D eigenvalue weighted by Gasteiger charge is 2.33. The van der Waals surface area contributed by atoms with Crippen molar-refractivity contribution >= 4 is 23.5 Å². The number of piperidine rings is 1. The molecule has 2 aromatic carbocycles. The number of fused-ring (bicyclic) bond motifs is 1. The molecule has 35 heavy (non-hydrogen) atoms. The van der Waals surface area contributed by atoms with Gasteiger partial charge in [0.1, 0.15) is 11.5 Å². The Morgan fingerprint density at radius 2 is 1.91 bits per heavy atom. The molecule has 0 aromatic heterocycles. The molecule has 0 radical (unpaired) electrons. The Morgan fingerprint density at radius 1 is 1.17 bits per heavy atom. The first-order valence-corrected chi connectivity index (χ1v) is 12.5. The van der Waals surface area contributed by atoms with Gasteiger partial charge in [-0.1, -0.05) is 12.1 Å². The lowest BCUT2D eigenvalue weighted by Crippen LogP contribution is -2.39. The van der Waals surface area contributed by atoms with Crippen LogP contribution in [0.3, 0.4) is 0 Å². The van der Waals surface area contributed by atoms with Crippen molar-refractivity contribution in [3.05, 3.63) is 58.8 Å². The highest BCUT2D eigenvalue weighted by Crippen LogP contribution is 2.40. The number of hydrogen-bond acceptors (Lipinski definition) is 7. The SMILES string of the molecule is CCOC(=O)C1CCCN(Cc2c(O)ccc3c2O/C(=C\c2ccc(N(CC)CC)cc2)C3=O)C1. The van der Waals surface area contributed by atoms with Gasteiger partial charge in [-0.05, 0) is 76.1 Å². The van der Waals surface area contributed by atoms with Crippen molar-refractivity contribution in [1.29, 1.82) is 0 Å². The Kier molecular flexibility index (Phi) is 7.76. The minimum absolute atomic E-state index is 0.0830. The van der Waals surface area contributed by atoms with E-state index in [0.29, 0.717) is 36.6 Å². The summed E-state index contributed by atoms with van der Waals surface area (Å²) in [4.78, 5) is 29.7. The Labute approximate surface area is 206 Å². The fourth-order valence-corrected chi connectivity index (χ4v) is 4.85. The predicted octanol–water partition coefficient (Wildman–Crippen LogP) is 4.63. The van der Waals surface area contributed by atoms with E-state index in [2.05, 4.69) is 23.6 Å². The normalized spacial score (nSPS) is 18.9. The molecule has 0 bridgehead atoms. The maximum atomic E-state index is 13.1. The lowest BCUT2D eigenvalue weighted by molar-refractivity contribution is -0.150. The van der Waals surface area contributed by atoms with E-state index >= 15 is 0 Å². The second-order valence-corrected chi connectivity index (χ2v) is 8.97. The van der Waals surface area contributed by atoms with E-state index in [0.717, 1.165) is 43.7 Å². The van der Waals surface area contributed by atoms with Crippen LogP contribution in [0.1, 0.15) is 55.1 Å². The summed E-state index contributed by atoms with van der Waals surface area (Å²) in [6, 6.07) is 11.2. The minimum Gasteiger partial charge on any atom is -0.507 e. The van der Waals surface area contributed by atoms with Gasteiger partial charge >= 0.3 is 5.97 Å². The Hall–Kier alpha value is -3.32. The topological polar surface area (TPSA) is 79.3 Å². The number of carbonyl (C=O) groups is 2. The molecule has 1 fully saturated rings. The van der Waals surface area contributed by atoms with Crippen molar-refractivity contribution < 1.29 is 24.2 Å². The summed E-state index contributed by atoms with van der Waals surface area (Å²) in [5.41, 5.74) is 3.02. The number of nitrogens with zero attached hydrogens (tertiary/aromatic N) is 2. The lowest BCUT2D eigenvalue weighted by Gasteiger charge is -2.31. The number of Topliss-reactive ketones (excluding diaryl/α,β-unsaturated/α-hetero) is 1. The molecule has 1 N–H and O–H groups in total. The van der Waals surface area contributed by atoms with Gasteiger partial charge in [-0.15, -0.1) is 0 Å². The maximum Gasteiger partial charge on any atom is 0.310 e. The van der Waals surface area contributed by atoms with Crippen LogP contribution in [-0.4, -0.2) is 54.5 Å². The largest absolute Gasteiger partial charge is 0.507 e. The van der Waals surface area contributed by atoms with Crippen LogP contribution in [0, 0.1) is 5.92 Å². The monoisotopic (exact) mass is 478 g/mol. The predicted molar refractivity (Wildman–Crippen MR) is 136 cm³/mol. The quantitative estimate of drug-likeness (QED) is 0.438. The van der Waals surface area contributed by atoms with Crippen molar-refractivity contribution in [2.45, 2.75) is 40.2 Å². The number of likely N-dealkylation sites (tertiary alicyclic amines) is 1. The maximum absolute atomic E-state index is 13.1. The fourth-order valence-electron chi connectivity index (χ4n) is 4.85. The fraction of sp³-hybridized carbons (Fsp3) is 0.429. The Bertz CT molecular complexity index is 1110. The summed E-state index contributed by atoms with van der Waals surface area (Å²) < 4.78 is 11.2. The van der Waals surface area contributed by atoms with Crippen molar-refractivity contribution in [2.75, 3.05) is 37.7 Å². The third-order valence-electron chi connectivity index (χ3n) is 6.74. The van der Waals surface area contributed by atoms with Gasteiger partial charge in [-0.25, -0.2) is 0 Å². The summed E-state index contributed by atoms with van der Waals surface area (Å²) in [5.74, 6) is 0.171. The summed E-state index contributed by atoms with van der Waals surface area (Å²) in [6.07, 6.45) is 3.41. The van der Waals surface area contributed by atoms with Gasteiger partial charge in [-0.2, -0.15) is 0 Å². The molecule has 1 unspecified atom stereocenters. The minimum atomic E-state index is -0.197. The number of phenolic OH excluding ortho intramolecular Hbond substituents is 1. The molecule has 0 aliphatic carbocycles. The van der Waals surface area contributed by atoms with E-state index < -0.39 is 0 Å². The number of hydrogen-bond donors (Lipinski definition) is 1. The first-order chi connectivity index (χ1) is 16.9. The second kappa shape index (κ2) is 11.0. The Morgan fingerprint density at radius 3 is 2.60 bits per heavy atom. The lowest BCUT2D eigenvalue weighted by atomic mass is 9.97. The van der Waals surface area contributed by atoms with Gasteiger partial charge in [-0.3, -0.25) is 14.5 Å². The number of ketones is 1. The van der Waals surface area contributed by atoms with Crippen molar-refractivity contribution in [1.82, 2.24) is 4.90 Å². The first kappa shape index (κ1) is 24.8. The van der Waals surface area contributed by atoms with E-state index in [4.69, 9.17) is 9.47 Å². The van der Waals surface area contributed by atoms with Gasteiger partial charge in [0.15, 0.2) is 5.76 Å². The molecule has 4 rings (SSSR count). The van der Waals surface area contributed by atoms with E-state index in [9.17, 15) is 14.7 Å². The van der Waals surface area contributed by atoms with Gasteiger partial charge < -0.3 is 19.5 Å². The first-order valence-electron chi connectivity index (χ1n) is 12.5. The van der Waals surface area contributed by atoms with Crippen LogP contribution in [-0.2, 0) is 16.1 Å². The van der Waals surface area contributed by atoms with Crippen LogP contribution in [0.15, 0.2) is 42.2 Å². The van der Waals surface area contributed by atoms with Crippen molar-refractivity contribution in [3.63, 3.8) is 0 Å². The molecule has 7 nitrogen and oxygen atoms in total. The van der Waals surface area contributed by atoms with Gasteiger partial charge in [0.05, 0.1) is 23.7 Å². The third-order valence-corrected chi connectivity index (χ3v) is 6.74. The number of aromatic hydroxyl groups is 1. The molecular formula is C28H34N2O5. The smallest absolute Gasteiger partial charge is 0.310 e. The number of allylic oxidation sites excluding steroid dienone is 1. The molecule has 1 atom stereocenters. The summed E-state index contributed by atoms with van der Waals surface area (Å²) >= 11 is 0. The van der Waals surface area contributed by atoms with Crippen LogP contribution < -0.4 is 9.64 Å². The zero-order valence-corrected chi connectivity index (χ0v) is 20.8. The van der Waals surface area contributed by atoms with Crippen LogP contribution in [0.25, 0.3) is 6.08 Å². The van der Waals surface area contributed by atoms with Crippen molar-refractivity contribution in [3.8, 4) is 11.5 Å². The van der Waals surface area contributed by atoms with Gasteiger partial charge in [0.25, 0.3) is 0 Å². The molecule has 0 spiro atoms. The zero-order chi connectivity index (χ0) is 24.9. The molecule has 186 valence electrons. The average molecular weight is 479 g/mol. The number of esters is 1. The van der Waals surface area contributed by atoms with Crippen LogP contribution in [0.2, 0.25) is 0 Å². The van der Waals surface area contributed by atoms with Gasteiger partial charge in [0.2, 0.25) is 5.78 Å². The number of ether oxygens (including phenoxy) is 2. The molecule has 2 aliphatic heterocycles. The number of phenols is 1. The van der Waals surface area contributed by atoms with E-state index in [-0.39, 0.29) is 29.2 Å². The number of carbonyl (C=O) groups excluding carboxylic acids is 2.